The lowest BCUT2D eigenvalue weighted by atomic mass is 10.1. The Kier molecular flexibility index (Phi) is 3.90. The molecule has 4 heteroatoms. The maximum Gasteiger partial charge on any atom is 0.240 e. The molecular weight excluding hydrogens is 228 g/mol. The highest BCUT2D eigenvalue weighted by molar-refractivity contribution is 5.93. The fraction of sp³-hybridized carbons (Fsp3) is 0.429. The Labute approximate surface area is 106 Å². The molecule has 1 aliphatic carbocycles. The highest BCUT2D eigenvalue weighted by Gasteiger charge is 2.22. The third kappa shape index (κ3) is 2.84. The van der Waals surface area contributed by atoms with Gasteiger partial charge in [-0.05, 0) is 37.5 Å². The molecule has 0 heterocycles. The molecule has 0 radical (unpaired) electrons. The second-order valence-electron chi connectivity index (χ2n) is 4.67. The minimum atomic E-state index is 0.0721. The lowest BCUT2D eigenvalue weighted by Crippen LogP contribution is -2.20. The largest absolute Gasteiger partial charge is 0.326 e. The van der Waals surface area contributed by atoms with E-state index in [1.165, 1.54) is 6.08 Å². The van der Waals surface area contributed by atoms with Gasteiger partial charge in [0, 0.05) is 11.6 Å². The molecule has 18 heavy (non-hydrogen) atoms. The first kappa shape index (κ1) is 12.5. The number of nitrogens with zero attached hydrogens (tertiary/aromatic N) is 1. The Balaban J connectivity index is 2.14. The number of carbonyl (C=O) groups is 1. The predicted octanol–water partition coefficient (Wildman–Crippen LogP) is 3.09. The molecule has 1 fully saturated rings. The fourth-order valence-electron chi connectivity index (χ4n) is 2.29. The average Bonchev–Trinajstić information content (AvgIpc) is 2.87. The van der Waals surface area contributed by atoms with Gasteiger partial charge in [-0.25, -0.2) is 4.79 Å². The molecule has 0 saturated heterocycles. The van der Waals surface area contributed by atoms with E-state index in [1.54, 1.807) is 12.1 Å². The number of hydrogen-bond acceptors (Lipinski definition) is 3. The van der Waals surface area contributed by atoms with Crippen molar-refractivity contribution in [3.8, 4) is 0 Å². The molecule has 0 atom stereocenters. The van der Waals surface area contributed by atoms with Crippen molar-refractivity contribution in [2.24, 2.45) is 10.9 Å². The van der Waals surface area contributed by atoms with Crippen LogP contribution in [0.5, 0.6) is 0 Å². The van der Waals surface area contributed by atoms with E-state index in [9.17, 15) is 9.59 Å². The summed E-state index contributed by atoms with van der Waals surface area (Å²) in [5.74, 6) is 0.200. The highest BCUT2D eigenvalue weighted by Crippen LogP contribution is 2.28. The van der Waals surface area contributed by atoms with E-state index in [1.807, 2.05) is 13.0 Å². The number of rotatable bonds is 3. The van der Waals surface area contributed by atoms with E-state index in [0.717, 1.165) is 36.9 Å². The predicted molar refractivity (Wildman–Crippen MR) is 69.5 cm³/mol. The van der Waals surface area contributed by atoms with Crippen LogP contribution in [0.1, 0.15) is 31.2 Å². The van der Waals surface area contributed by atoms with Crippen molar-refractivity contribution in [3.63, 3.8) is 0 Å². The minimum Gasteiger partial charge on any atom is -0.326 e. The van der Waals surface area contributed by atoms with Crippen LogP contribution < -0.4 is 5.32 Å². The van der Waals surface area contributed by atoms with Gasteiger partial charge in [-0.15, -0.1) is 0 Å². The first-order valence-electron chi connectivity index (χ1n) is 6.20. The zero-order valence-corrected chi connectivity index (χ0v) is 10.4. The van der Waals surface area contributed by atoms with E-state index >= 15 is 0 Å². The van der Waals surface area contributed by atoms with Gasteiger partial charge in [0.2, 0.25) is 12.0 Å². The first-order valence-corrected chi connectivity index (χ1v) is 6.20. The van der Waals surface area contributed by atoms with Gasteiger partial charge in [-0.3, -0.25) is 4.79 Å². The van der Waals surface area contributed by atoms with Crippen molar-refractivity contribution in [3.05, 3.63) is 23.8 Å². The van der Waals surface area contributed by atoms with Crippen LogP contribution in [-0.2, 0) is 9.59 Å². The highest BCUT2D eigenvalue weighted by atomic mass is 16.1. The molecule has 0 unspecified atom stereocenters. The molecule has 94 valence electrons. The van der Waals surface area contributed by atoms with Gasteiger partial charge in [0.25, 0.3) is 0 Å². The van der Waals surface area contributed by atoms with Gasteiger partial charge in [0.05, 0.1) is 5.69 Å². The zero-order valence-electron chi connectivity index (χ0n) is 10.4. The summed E-state index contributed by atoms with van der Waals surface area (Å²) in [5, 5.41) is 2.92. The molecule has 0 bridgehead atoms. The molecule has 1 saturated carbocycles. The molecule has 1 N–H and O–H groups in total. The van der Waals surface area contributed by atoms with Crippen LogP contribution in [0, 0.1) is 12.8 Å². The van der Waals surface area contributed by atoms with Crippen LogP contribution in [0.15, 0.2) is 23.2 Å². The number of aryl methyl sites for hydroxylation is 1. The second kappa shape index (κ2) is 5.61. The molecule has 2 rings (SSSR count). The Hall–Kier alpha value is -1.93. The number of amides is 1. The standard InChI is InChI=1S/C14H16N2O2/c1-10-6-7-12(15-9-17)8-13(10)16-14(18)11-4-2-3-5-11/h6-8,11H,2-5H2,1H3,(H,16,18). The SMILES string of the molecule is Cc1ccc(N=C=O)cc1NC(=O)C1CCCC1. The normalized spacial score (nSPS) is 15.2. The van der Waals surface area contributed by atoms with Gasteiger partial charge in [-0.2, -0.15) is 4.99 Å². The molecule has 0 spiro atoms. The van der Waals surface area contributed by atoms with Gasteiger partial charge >= 0.3 is 0 Å². The molecule has 1 aromatic carbocycles. The monoisotopic (exact) mass is 244 g/mol. The quantitative estimate of drug-likeness (QED) is 0.656. The number of aliphatic imine (C=N–C) groups is 1. The summed E-state index contributed by atoms with van der Waals surface area (Å²) in [7, 11) is 0. The maximum absolute atomic E-state index is 12.0. The molecule has 4 nitrogen and oxygen atoms in total. The lowest BCUT2D eigenvalue weighted by Gasteiger charge is -2.12. The van der Waals surface area contributed by atoms with Crippen LogP contribution in [0.25, 0.3) is 0 Å². The number of benzene rings is 1. The van der Waals surface area contributed by atoms with E-state index in [4.69, 9.17) is 0 Å². The second-order valence-corrected chi connectivity index (χ2v) is 4.67. The van der Waals surface area contributed by atoms with Gasteiger partial charge in [-0.1, -0.05) is 18.9 Å². The number of anilines is 1. The molecule has 1 amide bonds. The summed E-state index contributed by atoms with van der Waals surface area (Å²) in [4.78, 5) is 25.8. The Morgan fingerprint density at radius 3 is 2.78 bits per heavy atom. The summed E-state index contributed by atoms with van der Waals surface area (Å²) in [6.07, 6.45) is 5.70. The van der Waals surface area contributed by atoms with Crippen LogP contribution in [0.4, 0.5) is 11.4 Å². The molecule has 1 aromatic rings. The van der Waals surface area contributed by atoms with E-state index in [-0.39, 0.29) is 11.8 Å². The molecule has 1 aliphatic rings. The summed E-state index contributed by atoms with van der Waals surface area (Å²) >= 11 is 0. The van der Waals surface area contributed by atoms with E-state index in [2.05, 4.69) is 10.3 Å². The Morgan fingerprint density at radius 1 is 1.39 bits per heavy atom. The van der Waals surface area contributed by atoms with Gasteiger partial charge < -0.3 is 5.32 Å². The number of nitrogens with one attached hydrogen (secondary N) is 1. The van der Waals surface area contributed by atoms with Crippen molar-refractivity contribution < 1.29 is 9.59 Å². The topological polar surface area (TPSA) is 58.5 Å². The number of carbonyl (C=O) groups excluding carboxylic acids is 2. The number of hydrogen-bond donors (Lipinski definition) is 1. The van der Waals surface area contributed by atoms with Crippen LogP contribution >= 0.6 is 0 Å². The third-order valence-electron chi connectivity index (χ3n) is 3.38. The summed E-state index contributed by atoms with van der Waals surface area (Å²) in [6, 6.07) is 5.26. The maximum atomic E-state index is 12.0. The zero-order chi connectivity index (χ0) is 13.0. The van der Waals surface area contributed by atoms with Crippen LogP contribution in [0.2, 0.25) is 0 Å². The first-order chi connectivity index (χ1) is 8.70. The van der Waals surface area contributed by atoms with Crippen LogP contribution in [-0.4, -0.2) is 12.0 Å². The Bertz CT molecular complexity index is 499. The van der Waals surface area contributed by atoms with Crippen molar-refractivity contribution >= 4 is 23.4 Å². The van der Waals surface area contributed by atoms with Crippen molar-refractivity contribution in [1.82, 2.24) is 0 Å². The molecule has 0 aromatic heterocycles. The van der Waals surface area contributed by atoms with E-state index in [0.29, 0.717) is 5.69 Å². The molecular formula is C14H16N2O2. The van der Waals surface area contributed by atoms with Gasteiger partial charge in [0.1, 0.15) is 0 Å². The van der Waals surface area contributed by atoms with Crippen molar-refractivity contribution in [2.75, 3.05) is 5.32 Å². The van der Waals surface area contributed by atoms with Gasteiger partial charge in [0.15, 0.2) is 0 Å². The summed E-state index contributed by atoms with van der Waals surface area (Å²) < 4.78 is 0. The minimum absolute atomic E-state index is 0.0721. The van der Waals surface area contributed by atoms with Crippen molar-refractivity contribution in [1.29, 1.82) is 0 Å². The molecule has 0 aliphatic heterocycles. The lowest BCUT2D eigenvalue weighted by molar-refractivity contribution is -0.119. The fourth-order valence-corrected chi connectivity index (χ4v) is 2.29. The summed E-state index contributed by atoms with van der Waals surface area (Å²) in [6.45, 7) is 1.92. The smallest absolute Gasteiger partial charge is 0.240 e. The van der Waals surface area contributed by atoms with E-state index < -0.39 is 0 Å². The Morgan fingerprint density at radius 2 is 2.11 bits per heavy atom. The van der Waals surface area contributed by atoms with Crippen LogP contribution in [0.3, 0.4) is 0 Å². The third-order valence-corrected chi connectivity index (χ3v) is 3.38. The average molecular weight is 244 g/mol. The van der Waals surface area contributed by atoms with Crippen molar-refractivity contribution in [2.45, 2.75) is 32.6 Å². The summed E-state index contributed by atoms with van der Waals surface area (Å²) in [5.41, 5.74) is 2.20. The number of isocyanates is 1.